The lowest BCUT2D eigenvalue weighted by Gasteiger charge is -2.27. The molecule has 17 heavy (non-hydrogen) atoms. The molecule has 1 N–H and O–H groups in total. The second kappa shape index (κ2) is 4.94. The van der Waals surface area contributed by atoms with Gasteiger partial charge in [0, 0.05) is 5.56 Å². The predicted octanol–water partition coefficient (Wildman–Crippen LogP) is 3.08. The Hall–Kier alpha value is -1.25. The van der Waals surface area contributed by atoms with Gasteiger partial charge in [0.1, 0.15) is 0 Å². The Morgan fingerprint density at radius 3 is 2.53 bits per heavy atom. The van der Waals surface area contributed by atoms with Gasteiger partial charge in [-0.15, -0.1) is 0 Å². The van der Waals surface area contributed by atoms with Gasteiger partial charge in [-0.1, -0.05) is 59.6 Å². The van der Waals surface area contributed by atoms with Gasteiger partial charge in [-0.2, -0.15) is 0 Å². The summed E-state index contributed by atoms with van der Waals surface area (Å²) in [4.78, 5) is 11.9. The second-order valence-electron chi connectivity index (χ2n) is 3.74. The zero-order valence-electron chi connectivity index (χ0n) is 8.94. The fraction of sp³-hybridized carbons (Fsp3) is 0.154. The molecule has 88 valence electrons. The zero-order chi connectivity index (χ0) is 12.3. The fourth-order valence-corrected chi connectivity index (χ4v) is 1.95. The number of rotatable bonds is 2. The summed E-state index contributed by atoms with van der Waals surface area (Å²) in [7, 11) is 0. The summed E-state index contributed by atoms with van der Waals surface area (Å²) in [5, 5.41) is 2.78. The number of hydrogen-bond acceptors (Lipinski definition) is 1. The Bertz CT molecular complexity index is 466. The average molecular weight is 268 g/mol. The van der Waals surface area contributed by atoms with E-state index in [0.29, 0.717) is 5.56 Å². The lowest BCUT2D eigenvalue weighted by molar-refractivity contribution is 0.0943. The number of benzene rings is 1. The first-order chi connectivity index (χ1) is 8.09. The summed E-state index contributed by atoms with van der Waals surface area (Å²) in [6, 6.07) is 8.51. The van der Waals surface area contributed by atoms with Crippen molar-refractivity contribution in [1.82, 2.24) is 5.32 Å². The van der Waals surface area contributed by atoms with Crippen LogP contribution in [0.3, 0.4) is 0 Å². The number of halogens is 2. The first kappa shape index (κ1) is 12.2. The van der Waals surface area contributed by atoms with E-state index in [-0.39, 0.29) is 5.91 Å². The maximum absolute atomic E-state index is 11.9. The number of nitrogens with one attached hydrogen (secondary N) is 1. The highest BCUT2D eigenvalue weighted by atomic mass is 35.5. The van der Waals surface area contributed by atoms with E-state index in [1.807, 2.05) is 6.07 Å². The Kier molecular flexibility index (Phi) is 3.55. The van der Waals surface area contributed by atoms with E-state index in [1.54, 1.807) is 48.6 Å². The number of allylic oxidation sites excluding steroid dienone is 2. The minimum absolute atomic E-state index is 0.193. The smallest absolute Gasteiger partial charge is 0.251 e. The van der Waals surface area contributed by atoms with Crippen molar-refractivity contribution in [3.63, 3.8) is 0 Å². The second-order valence-corrected chi connectivity index (χ2v) is 5.18. The van der Waals surface area contributed by atoms with E-state index in [1.165, 1.54) is 0 Å². The summed E-state index contributed by atoms with van der Waals surface area (Å²) >= 11 is 12.2. The van der Waals surface area contributed by atoms with E-state index in [0.717, 1.165) is 0 Å². The Labute approximate surface area is 110 Å². The molecule has 2 rings (SSSR count). The van der Waals surface area contributed by atoms with Crippen molar-refractivity contribution in [2.45, 2.75) is 10.4 Å². The quantitative estimate of drug-likeness (QED) is 0.820. The molecule has 2 nitrogen and oxygen atoms in total. The Balaban J connectivity index is 2.10. The third-order valence-corrected chi connectivity index (χ3v) is 3.19. The summed E-state index contributed by atoms with van der Waals surface area (Å²) in [5.41, 5.74) is 0.583. The molecule has 0 aliphatic heterocycles. The van der Waals surface area contributed by atoms with Gasteiger partial charge in [0.05, 0.1) is 6.04 Å². The standard InChI is InChI=1S/C13H11Cl2NO/c14-13(15)9-5-4-8-11(13)16-12(17)10-6-2-1-3-7-10/h1-9,11H,(H,16,17). The molecular weight excluding hydrogens is 257 g/mol. The van der Waals surface area contributed by atoms with Crippen LogP contribution in [0.4, 0.5) is 0 Å². The lowest BCUT2D eigenvalue weighted by atomic mass is 10.1. The molecule has 0 heterocycles. The molecular formula is C13H11Cl2NO. The number of alkyl halides is 2. The third-order valence-electron chi connectivity index (χ3n) is 2.47. The maximum Gasteiger partial charge on any atom is 0.251 e. The van der Waals surface area contributed by atoms with Crippen molar-refractivity contribution in [3.8, 4) is 0 Å². The van der Waals surface area contributed by atoms with Crippen LogP contribution in [0.25, 0.3) is 0 Å². The molecule has 1 atom stereocenters. The van der Waals surface area contributed by atoms with Gasteiger partial charge in [0.15, 0.2) is 4.33 Å². The topological polar surface area (TPSA) is 29.1 Å². The Morgan fingerprint density at radius 2 is 1.88 bits per heavy atom. The van der Waals surface area contributed by atoms with Gasteiger partial charge in [0.25, 0.3) is 5.91 Å². The van der Waals surface area contributed by atoms with Gasteiger partial charge in [-0.05, 0) is 18.2 Å². The average Bonchev–Trinajstić information content (AvgIpc) is 2.33. The molecule has 1 aromatic rings. The molecule has 0 spiro atoms. The SMILES string of the molecule is O=C(NC1C=CC=CC1(Cl)Cl)c1ccccc1. The Morgan fingerprint density at radius 1 is 1.18 bits per heavy atom. The van der Waals surface area contributed by atoms with Gasteiger partial charge in [-0.25, -0.2) is 0 Å². The van der Waals surface area contributed by atoms with Crippen LogP contribution in [0, 0.1) is 0 Å². The molecule has 0 saturated carbocycles. The number of carbonyl (C=O) groups is 1. The molecule has 4 heteroatoms. The minimum Gasteiger partial charge on any atom is -0.342 e. The van der Waals surface area contributed by atoms with Crippen molar-refractivity contribution in [3.05, 3.63) is 60.2 Å². The fourth-order valence-electron chi connectivity index (χ4n) is 1.55. The van der Waals surface area contributed by atoms with E-state index < -0.39 is 10.4 Å². The van der Waals surface area contributed by atoms with E-state index in [2.05, 4.69) is 5.32 Å². The molecule has 0 fully saturated rings. The zero-order valence-corrected chi connectivity index (χ0v) is 10.4. The van der Waals surface area contributed by atoms with Crippen molar-refractivity contribution in [2.75, 3.05) is 0 Å². The van der Waals surface area contributed by atoms with Crippen molar-refractivity contribution in [1.29, 1.82) is 0 Å². The lowest BCUT2D eigenvalue weighted by Crippen LogP contribution is -2.44. The van der Waals surface area contributed by atoms with Crippen molar-refractivity contribution in [2.24, 2.45) is 0 Å². The number of carbonyl (C=O) groups excluding carboxylic acids is 1. The highest BCUT2D eigenvalue weighted by Crippen LogP contribution is 2.30. The molecule has 1 unspecified atom stereocenters. The van der Waals surface area contributed by atoms with Crippen molar-refractivity contribution < 1.29 is 4.79 Å². The largest absolute Gasteiger partial charge is 0.342 e. The molecule has 0 saturated heterocycles. The molecule has 1 aliphatic carbocycles. The molecule has 0 radical (unpaired) electrons. The maximum atomic E-state index is 11.9. The molecule has 1 amide bonds. The van der Waals surface area contributed by atoms with Crippen LogP contribution in [0.5, 0.6) is 0 Å². The first-order valence-electron chi connectivity index (χ1n) is 5.19. The van der Waals surface area contributed by atoms with E-state index >= 15 is 0 Å². The van der Waals surface area contributed by atoms with Crippen LogP contribution in [-0.4, -0.2) is 16.3 Å². The van der Waals surface area contributed by atoms with Crippen LogP contribution >= 0.6 is 23.2 Å². The predicted molar refractivity (Wildman–Crippen MR) is 70.4 cm³/mol. The summed E-state index contributed by atoms with van der Waals surface area (Å²) in [5.74, 6) is -0.193. The van der Waals surface area contributed by atoms with Gasteiger partial charge in [-0.3, -0.25) is 4.79 Å². The number of hydrogen-bond donors (Lipinski definition) is 1. The first-order valence-corrected chi connectivity index (χ1v) is 5.95. The molecule has 0 bridgehead atoms. The van der Waals surface area contributed by atoms with Crippen molar-refractivity contribution >= 4 is 29.1 Å². The highest BCUT2D eigenvalue weighted by Gasteiger charge is 2.33. The van der Waals surface area contributed by atoms with Crippen LogP contribution in [-0.2, 0) is 0 Å². The van der Waals surface area contributed by atoms with Gasteiger partial charge in [0.2, 0.25) is 0 Å². The van der Waals surface area contributed by atoms with E-state index in [9.17, 15) is 4.79 Å². The third kappa shape index (κ3) is 2.90. The van der Waals surface area contributed by atoms with Crippen LogP contribution in [0.1, 0.15) is 10.4 Å². The van der Waals surface area contributed by atoms with Crippen LogP contribution < -0.4 is 5.32 Å². The van der Waals surface area contributed by atoms with Gasteiger partial charge < -0.3 is 5.32 Å². The monoisotopic (exact) mass is 267 g/mol. The molecule has 0 aromatic heterocycles. The highest BCUT2D eigenvalue weighted by molar-refractivity contribution is 6.50. The van der Waals surface area contributed by atoms with Gasteiger partial charge >= 0.3 is 0 Å². The normalized spacial score (nSPS) is 21.2. The summed E-state index contributed by atoms with van der Waals surface area (Å²) in [6.45, 7) is 0. The number of amides is 1. The van der Waals surface area contributed by atoms with E-state index in [4.69, 9.17) is 23.2 Å². The van der Waals surface area contributed by atoms with Crippen LogP contribution in [0.15, 0.2) is 54.6 Å². The van der Waals surface area contributed by atoms with Crippen LogP contribution in [0.2, 0.25) is 0 Å². The molecule has 1 aliphatic rings. The summed E-state index contributed by atoms with van der Waals surface area (Å²) < 4.78 is -1.10. The minimum atomic E-state index is -1.10. The summed E-state index contributed by atoms with van der Waals surface area (Å²) in [6.07, 6.45) is 6.97. The molecule has 1 aromatic carbocycles.